The van der Waals surface area contributed by atoms with E-state index in [0.29, 0.717) is 18.8 Å². The number of methoxy groups -OCH3 is 2. The molecule has 0 saturated heterocycles. The van der Waals surface area contributed by atoms with E-state index in [0.717, 1.165) is 30.9 Å². The lowest BCUT2D eigenvalue weighted by molar-refractivity contribution is -0.384. The predicted molar refractivity (Wildman–Crippen MR) is 126 cm³/mol. The van der Waals surface area contributed by atoms with E-state index in [2.05, 4.69) is 24.8 Å². The fraction of sp³-hybridized carbons (Fsp3) is 0.435. The van der Waals surface area contributed by atoms with E-state index in [1.54, 1.807) is 13.2 Å². The smallest absolute Gasteiger partial charge is 0.305 e. The maximum atomic E-state index is 11.4. The molecule has 0 fully saturated rings. The van der Waals surface area contributed by atoms with Gasteiger partial charge in [-0.2, -0.15) is 0 Å². The van der Waals surface area contributed by atoms with Crippen molar-refractivity contribution in [2.45, 2.75) is 33.6 Å². The van der Waals surface area contributed by atoms with Crippen LogP contribution in [0.1, 0.15) is 32.3 Å². The first-order chi connectivity index (χ1) is 15.3. The summed E-state index contributed by atoms with van der Waals surface area (Å²) in [5, 5.41) is 10.4. The molecule has 9 nitrogen and oxygen atoms in total. The SMILES string of the molecule is CCOC(=O)CCCN(CC)c1cc(OC)ccc1C.COc1ccc(N)c([N+](=O)[O-])c1. The molecule has 0 aliphatic heterocycles. The van der Waals surface area contributed by atoms with Crippen LogP contribution in [0.4, 0.5) is 17.1 Å². The minimum Gasteiger partial charge on any atom is -0.497 e. The van der Waals surface area contributed by atoms with E-state index < -0.39 is 4.92 Å². The number of rotatable bonds is 10. The Labute approximate surface area is 189 Å². The zero-order valence-corrected chi connectivity index (χ0v) is 19.4. The van der Waals surface area contributed by atoms with Gasteiger partial charge >= 0.3 is 5.97 Å². The van der Waals surface area contributed by atoms with Crippen molar-refractivity contribution in [1.29, 1.82) is 0 Å². The number of carbonyl (C=O) groups is 1. The quantitative estimate of drug-likeness (QED) is 0.247. The first-order valence-electron chi connectivity index (χ1n) is 10.4. The minimum absolute atomic E-state index is 0.120. The van der Waals surface area contributed by atoms with Crippen LogP contribution < -0.4 is 20.1 Å². The molecular weight excluding hydrogens is 414 g/mol. The highest BCUT2D eigenvalue weighted by molar-refractivity contribution is 5.69. The molecule has 9 heteroatoms. The second kappa shape index (κ2) is 13.7. The maximum Gasteiger partial charge on any atom is 0.305 e. The molecule has 0 aliphatic carbocycles. The van der Waals surface area contributed by atoms with Gasteiger partial charge in [-0.3, -0.25) is 14.9 Å². The van der Waals surface area contributed by atoms with Crippen molar-refractivity contribution in [3.05, 3.63) is 52.1 Å². The lowest BCUT2D eigenvalue weighted by Crippen LogP contribution is -2.25. The standard InChI is InChI=1S/C16H25NO3.C7H8N2O3/c1-5-17(11-7-8-16(18)20-6-2)15-12-14(19-4)10-9-13(15)3;1-12-5-2-3-6(8)7(4-5)9(10)11/h9-10,12H,5-8,11H2,1-4H3;2-4H,8H2,1H3. The van der Waals surface area contributed by atoms with Crippen LogP contribution in [-0.4, -0.2) is 44.8 Å². The van der Waals surface area contributed by atoms with E-state index in [-0.39, 0.29) is 17.3 Å². The summed E-state index contributed by atoms with van der Waals surface area (Å²) in [6, 6.07) is 10.4. The van der Waals surface area contributed by atoms with Crippen molar-refractivity contribution in [3.63, 3.8) is 0 Å². The van der Waals surface area contributed by atoms with Gasteiger partial charge in [0, 0.05) is 31.3 Å². The molecule has 0 spiro atoms. The Hall–Kier alpha value is -3.49. The molecular formula is C23H33N3O6. The Morgan fingerprint density at radius 3 is 2.28 bits per heavy atom. The van der Waals surface area contributed by atoms with Crippen LogP contribution in [0.5, 0.6) is 11.5 Å². The number of anilines is 2. The molecule has 0 aromatic heterocycles. The van der Waals surface area contributed by atoms with E-state index >= 15 is 0 Å². The number of hydrogen-bond acceptors (Lipinski definition) is 8. The molecule has 32 heavy (non-hydrogen) atoms. The first-order valence-corrected chi connectivity index (χ1v) is 10.4. The number of nitrogen functional groups attached to an aromatic ring is 1. The fourth-order valence-corrected chi connectivity index (χ4v) is 2.96. The van der Waals surface area contributed by atoms with Gasteiger partial charge in [0.15, 0.2) is 0 Å². The number of benzene rings is 2. The summed E-state index contributed by atoms with van der Waals surface area (Å²) in [6.07, 6.45) is 1.26. The van der Waals surface area contributed by atoms with Crippen LogP contribution in [-0.2, 0) is 9.53 Å². The van der Waals surface area contributed by atoms with Crippen molar-refractivity contribution >= 4 is 23.0 Å². The van der Waals surface area contributed by atoms with Crippen molar-refractivity contribution in [3.8, 4) is 11.5 Å². The molecule has 176 valence electrons. The number of nitro benzene ring substituents is 1. The number of nitrogens with two attached hydrogens (primary N) is 1. The van der Waals surface area contributed by atoms with E-state index in [9.17, 15) is 14.9 Å². The number of ether oxygens (including phenoxy) is 3. The van der Waals surface area contributed by atoms with E-state index in [4.69, 9.17) is 19.9 Å². The van der Waals surface area contributed by atoms with Crippen LogP contribution >= 0.6 is 0 Å². The van der Waals surface area contributed by atoms with Crippen LogP contribution in [0, 0.1) is 17.0 Å². The lowest BCUT2D eigenvalue weighted by Gasteiger charge is -2.25. The highest BCUT2D eigenvalue weighted by atomic mass is 16.6. The van der Waals surface area contributed by atoms with Gasteiger partial charge in [0.2, 0.25) is 0 Å². The zero-order chi connectivity index (χ0) is 24.1. The number of hydrogen-bond donors (Lipinski definition) is 1. The summed E-state index contributed by atoms with van der Waals surface area (Å²) < 4.78 is 15.0. The number of esters is 1. The summed E-state index contributed by atoms with van der Waals surface area (Å²) in [6.45, 7) is 8.22. The molecule has 2 N–H and O–H groups in total. The van der Waals surface area contributed by atoms with Gasteiger partial charge in [0.1, 0.15) is 17.2 Å². The van der Waals surface area contributed by atoms with Gasteiger partial charge in [-0.15, -0.1) is 0 Å². The van der Waals surface area contributed by atoms with Gasteiger partial charge in [0.25, 0.3) is 5.69 Å². The van der Waals surface area contributed by atoms with E-state index in [1.807, 2.05) is 19.1 Å². The average Bonchev–Trinajstić information content (AvgIpc) is 2.78. The Kier molecular flexibility index (Phi) is 11.4. The summed E-state index contributed by atoms with van der Waals surface area (Å²) in [5.74, 6) is 1.16. The summed E-state index contributed by atoms with van der Waals surface area (Å²) in [5.41, 5.74) is 7.73. The predicted octanol–water partition coefficient (Wildman–Crippen LogP) is 4.36. The monoisotopic (exact) mass is 447 g/mol. The van der Waals surface area contributed by atoms with Crippen LogP contribution in [0.25, 0.3) is 0 Å². The van der Waals surface area contributed by atoms with Crippen LogP contribution in [0.2, 0.25) is 0 Å². The Bertz CT molecular complexity index is 888. The molecule has 0 atom stereocenters. The molecule has 0 radical (unpaired) electrons. The molecule has 2 aromatic rings. The number of nitro groups is 1. The van der Waals surface area contributed by atoms with Crippen LogP contribution in [0.15, 0.2) is 36.4 Å². The molecule has 0 unspecified atom stereocenters. The molecule has 2 aromatic carbocycles. The molecule has 0 saturated carbocycles. The Morgan fingerprint density at radius 1 is 1.09 bits per heavy atom. The van der Waals surface area contributed by atoms with Crippen molar-refractivity contribution in [2.24, 2.45) is 0 Å². The molecule has 0 bridgehead atoms. The topological polar surface area (TPSA) is 117 Å². The Morgan fingerprint density at radius 2 is 1.72 bits per heavy atom. The maximum absolute atomic E-state index is 11.4. The van der Waals surface area contributed by atoms with E-state index in [1.165, 1.54) is 24.8 Å². The summed E-state index contributed by atoms with van der Waals surface area (Å²) in [4.78, 5) is 23.4. The largest absolute Gasteiger partial charge is 0.497 e. The number of nitrogens with zero attached hydrogens (tertiary/aromatic N) is 2. The normalized spacial score (nSPS) is 9.91. The molecule has 0 heterocycles. The van der Waals surface area contributed by atoms with Crippen molar-refractivity contribution in [2.75, 3.05) is 44.5 Å². The average molecular weight is 448 g/mol. The second-order valence-electron chi connectivity index (χ2n) is 6.82. The summed E-state index contributed by atoms with van der Waals surface area (Å²) >= 11 is 0. The third-order valence-electron chi connectivity index (χ3n) is 4.69. The van der Waals surface area contributed by atoms with Gasteiger partial charge in [0.05, 0.1) is 31.8 Å². The van der Waals surface area contributed by atoms with Gasteiger partial charge in [-0.05, 0) is 51.0 Å². The van der Waals surface area contributed by atoms with Gasteiger partial charge < -0.3 is 24.8 Å². The van der Waals surface area contributed by atoms with Gasteiger partial charge in [-0.1, -0.05) is 6.07 Å². The molecule has 2 rings (SSSR count). The summed E-state index contributed by atoms with van der Waals surface area (Å²) in [7, 11) is 3.11. The highest BCUT2D eigenvalue weighted by Crippen LogP contribution is 2.26. The zero-order valence-electron chi connectivity index (χ0n) is 19.4. The minimum atomic E-state index is -0.544. The fourth-order valence-electron chi connectivity index (χ4n) is 2.96. The van der Waals surface area contributed by atoms with Crippen LogP contribution in [0.3, 0.4) is 0 Å². The molecule has 0 amide bonds. The lowest BCUT2D eigenvalue weighted by atomic mass is 10.1. The third-order valence-corrected chi connectivity index (χ3v) is 4.69. The number of carbonyl (C=O) groups excluding carboxylic acids is 1. The van der Waals surface area contributed by atoms with Crippen molar-refractivity contribution in [1.82, 2.24) is 0 Å². The molecule has 0 aliphatic rings. The Balaban J connectivity index is 0.000000363. The first kappa shape index (κ1) is 26.5. The highest BCUT2D eigenvalue weighted by Gasteiger charge is 2.12. The van der Waals surface area contributed by atoms with Crippen molar-refractivity contribution < 1.29 is 23.9 Å². The van der Waals surface area contributed by atoms with Gasteiger partial charge in [-0.25, -0.2) is 0 Å². The number of aryl methyl sites for hydroxylation is 1. The third kappa shape index (κ3) is 8.33. The second-order valence-corrected chi connectivity index (χ2v) is 6.82.